The van der Waals surface area contributed by atoms with Crippen molar-refractivity contribution < 1.29 is 0 Å². The molecule has 0 bridgehead atoms. The van der Waals surface area contributed by atoms with Gasteiger partial charge in [0, 0.05) is 22.4 Å². The Morgan fingerprint density at radius 3 is 1.50 bits per heavy atom. The van der Waals surface area contributed by atoms with Gasteiger partial charge >= 0.3 is 0 Å². The number of benzene rings is 8. The highest BCUT2D eigenvalue weighted by atomic mass is 15.0. The number of hydrogen-bond donors (Lipinski definition) is 0. The molecule has 0 saturated heterocycles. The lowest BCUT2D eigenvalue weighted by Crippen LogP contribution is -2.14. The summed E-state index contributed by atoms with van der Waals surface area (Å²) in [5, 5.41) is 7.94. The third-order valence-electron chi connectivity index (χ3n) is 14.0. The maximum absolute atomic E-state index is 2.54. The zero-order valence-electron chi connectivity index (χ0n) is 39.3. The Kier molecular flexibility index (Phi) is 9.99. The summed E-state index contributed by atoms with van der Waals surface area (Å²) < 4.78 is 2.43. The molecule has 1 aliphatic rings. The zero-order valence-corrected chi connectivity index (χ0v) is 39.3. The quantitative estimate of drug-likeness (QED) is 0.152. The summed E-state index contributed by atoms with van der Waals surface area (Å²) in [5.74, 6) is 0.453. The van der Waals surface area contributed by atoms with Crippen LogP contribution in [0, 0.1) is 5.92 Å². The molecule has 0 aliphatic heterocycles. The largest absolute Gasteiger partial charge is 0.309 e. The number of para-hydroxylation sites is 1. The van der Waals surface area contributed by atoms with Gasteiger partial charge in [-0.3, -0.25) is 0 Å². The van der Waals surface area contributed by atoms with Gasteiger partial charge in [0.1, 0.15) is 0 Å². The molecule has 1 aliphatic carbocycles. The Hall–Kier alpha value is -6.44. The monoisotopic (exact) mass is 831 g/mol. The van der Waals surface area contributed by atoms with E-state index in [-0.39, 0.29) is 28.1 Å². The van der Waals surface area contributed by atoms with E-state index in [1.54, 1.807) is 0 Å². The molecule has 64 heavy (non-hydrogen) atoms. The molecular weight excluding hydrogens is 771 g/mol. The van der Waals surface area contributed by atoms with Crippen LogP contribution in [-0.2, 0) is 16.2 Å². The van der Waals surface area contributed by atoms with Gasteiger partial charge in [0.05, 0.1) is 11.0 Å². The van der Waals surface area contributed by atoms with Gasteiger partial charge in [-0.15, -0.1) is 0 Å². The van der Waals surface area contributed by atoms with Gasteiger partial charge in [-0.05, 0) is 142 Å². The Balaban J connectivity index is 1.14. The highest BCUT2D eigenvalue weighted by Gasteiger charge is 2.28. The number of fused-ring (bicyclic) bond motifs is 5. The van der Waals surface area contributed by atoms with Crippen LogP contribution in [-0.4, -0.2) is 4.57 Å². The summed E-state index contributed by atoms with van der Waals surface area (Å²) in [5.41, 5.74) is 16.8. The molecule has 1 heterocycles. The second-order valence-electron chi connectivity index (χ2n) is 21.5. The zero-order chi connectivity index (χ0) is 44.7. The normalized spacial score (nSPS) is 16.0. The Labute approximate surface area is 380 Å². The number of allylic oxidation sites excluding steroid dienone is 4. The second kappa shape index (κ2) is 15.4. The summed E-state index contributed by atoms with van der Waals surface area (Å²) >= 11 is 0. The van der Waals surface area contributed by atoms with Crippen molar-refractivity contribution >= 4 is 48.9 Å². The third-order valence-corrected chi connectivity index (χ3v) is 14.0. The average molecular weight is 832 g/mol. The minimum Gasteiger partial charge on any atom is -0.309 e. The first-order valence-corrected chi connectivity index (χ1v) is 23.3. The van der Waals surface area contributed by atoms with Crippen LogP contribution < -0.4 is 0 Å². The van der Waals surface area contributed by atoms with E-state index in [1.165, 1.54) is 105 Å². The van der Waals surface area contributed by atoms with Gasteiger partial charge in [-0.1, -0.05) is 203 Å². The van der Waals surface area contributed by atoms with Crippen LogP contribution in [0.25, 0.3) is 76.9 Å². The molecule has 8 aromatic carbocycles. The minimum absolute atomic E-state index is 0.00498. The van der Waals surface area contributed by atoms with Crippen LogP contribution in [0.3, 0.4) is 0 Å². The van der Waals surface area contributed by atoms with Crippen LogP contribution >= 0.6 is 0 Å². The van der Waals surface area contributed by atoms with Gasteiger partial charge in [0.25, 0.3) is 0 Å². The van der Waals surface area contributed by atoms with Crippen molar-refractivity contribution in [1.29, 1.82) is 0 Å². The standard InChI is InChI=1S/C63H61N/c1-40-35-44(45-26-33-57-53(36-45)54-37-48(63(8,9)10)29-34-58(54)64(57)49-19-15-12-16-20-49)25-30-50(40)60-52-32-28-46(61(2,3)4)38-55(52)59(51-31-27-47(39-56(51)60)62(5,6)7)43-23-21-42(22-24-43)41-17-13-11-14-18-41/h11-40,50H,1-10H3. The fourth-order valence-electron chi connectivity index (χ4n) is 10.2. The highest BCUT2D eigenvalue weighted by Crippen LogP contribution is 2.48. The molecule has 1 heteroatoms. The van der Waals surface area contributed by atoms with Gasteiger partial charge in [-0.2, -0.15) is 0 Å². The Bertz CT molecular complexity index is 3300. The van der Waals surface area contributed by atoms with Crippen molar-refractivity contribution in [2.24, 2.45) is 5.92 Å². The van der Waals surface area contributed by atoms with Crippen LogP contribution in [0.2, 0.25) is 0 Å². The highest BCUT2D eigenvalue weighted by molar-refractivity contribution is 6.16. The lowest BCUT2D eigenvalue weighted by molar-refractivity contribution is 0.590. The molecule has 2 atom stereocenters. The Morgan fingerprint density at radius 2 is 0.891 bits per heavy atom. The van der Waals surface area contributed by atoms with E-state index >= 15 is 0 Å². The number of rotatable bonds is 5. The molecule has 0 spiro atoms. The van der Waals surface area contributed by atoms with Crippen molar-refractivity contribution in [1.82, 2.24) is 4.57 Å². The molecular formula is C63H61N. The van der Waals surface area contributed by atoms with Crippen molar-refractivity contribution in [3.8, 4) is 27.9 Å². The molecule has 0 saturated carbocycles. The maximum Gasteiger partial charge on any atom is 0.0541 e. The molecule has 1 aromatic heterocycles. The third kappa shape index (κ3) is 7.30. The van der Waals surface area contributed by atoms with E-state index in [0.717, 1.165) is 0 Å². The first kappa shape index (κ1) is 41.6. The first-order chi connectivity index (χ1) is 30.5. The van der Waals surface area contributed by atoms with Gasteiger partial charge in [0.2, 0.25) is 0 Å². The predicted octanol–water partition coefficient (Wildman–Crippen LogP) is 17.7. The molecule has 0 amide bonds. The lowest BCUT2D eigenvalue weighted by Gasteiger charge is -2.30. The summed E-state index contributed by atoms with van der Waals surface area (Å²) in [6.45, 7) is 23.4. The summed E-state index contributed by atoms with van der Waals surface area (Å²) in [7, 11) is 0. The van der Waals surface area contributed by atoms with Crippen LogP contribution in [0.1, 0.15) is 103 Å². The van der Waals surface area contributed by atoms with E-state index in [1.807, 2.05) is 0 Å². The summed E-state index contributed by atoms with van der Waals surface area (Å²) in [4.78, 5) is 0. The number of aromatic nitrogens is 1. The molecule has 10 rings (SSSR count). The van der Waals surface area contributed by atoms with E-state index < -0.39 is 0 Å². The van der Waals surface area contributed by atoms with Gasteiger partial charge in [0.15, 0.2) is 0 Å². The molecule has 2 unspecified atom stereocenters. The molecule has 0 radical (unpaired) electrons. The van der Waals surface area contributed by atoms with Crippen molar-refractivity contribution in [3.05, 3.63) is 204 Å². The van der Waals surface area contributed by atoms with E-state index in [2.05, 4.69) is 250 Å². The molecule has 0 fully saturated rings. The van der Waals surface area contributed by atoms with Crippen molar-refractivity contribution in [2.45, 2.75) is 91.4 Å². The first-order valence-electron chi connectivity index (χ1n) is 23.3. The van der Waals surface area contributed by atoms with Crippen LogP contribution in [0.15, 0.2) is 176 Å². The van der Waals surface area contributed by atoms with Crippen molar-refractivity contribution in [3.63, 3.8) is 0 Å². The van der Waals surface area contributed by atoms with E-state index in [4.69, 9.17) is 0 Å². The van der Waals surface area contributed by atoms with Gasteiger partial charge < -0.3 is 4.57 Å². The predicted molar refractivity (Wildman–Crippen MR) is 278 cm³/mol. The molecule has 318 valence electrons. The molecule has 0 N–H and O–H groups in total. The second-order valence-corrected chi connectivity index (χ2v) is 21.5. The van der Waals surface area contributed by atoms with Crippen LogP contribution in [0.4, 0.5) is 0 Å². The van der Waals surface area contributed by atoms with E-state index in [0.29, 0.717) is 0 Å². The van der Waals surface area contributed by atoms with Gasteiger partial charge in [-0.25, -0.2) is 0 Å². The average Bonchev–Trinajstić information content (AvgIpc) is 3.61. The number of hydrogen-bond acceptors (Lipinski definition) is 0. The van der Waals surface area contributed by atoms with Crippen molar-refractivity contribution in [2.75, 3.05) is 0 Å². The van der Waals surface area contributed by atoms with E-state index in [9.17, 15) is 0 Å². The maximum atomic E-state index is 2.54. The summed E-state index contributed by atoms with van der Waals surface area (Å²) in [6, 6.07) is 59.6. The fraction of sp³-hybridized carbons (Fsp3) is 0.238. The lowest BCUT2D eigenvalue weighted by atomic mass is 9.74. The number of nitrogens with zero attached hydrogens (tertiary/aromatic N) is 1. The fourth-order valence-corrected chi connectivity index (χ4v) is 10.2. The topological polar surface area (TPSA) is 4.93 Å². The smallest absolute Gasteiger partial charge is 0.0541 e. The SMILES string of the molecule is CC1C=C(c2ccc3c(c2)c2cc(C(C)(C)C)ccc2n3-c2ccccc2)C=CC1c1c2ccc(C(C)(C)C)cc2c(-c2ccc(-c3ccccc3)cc2)c2ccc(C(C)(C)C)cc12. The minimum atomic E-state index is 0.00498. The molecule has 9 aromatic rings. The summed E-state index contributed by atoms with van der Waals surface area (Å²) in [6.07, 6.45) is 7.46. The Morgan fingerprint density at radius 1 is 0.406 bits per heavy atom. The van der Waals surface area contributed by atoms with Crippen LogP contribution in [0.5, 0.6) is 0 Å². The molecule has 1 nitrogen and oxygen atoms in total.